The van der Waals surface area contributed by atoms with Gasteiger partial charge in [0.1, 0.15) is 0 Å². The predicted molar refractivity (Wildman–Crippen MR) is 624 cm³/mol. The highest BCUT2D eigenvalue weighted by Crippen LogP contribution is 2.47. The van der Waals surface area contributed by atoms with Crippen LogP contribution in [0, 0.1) is 0 Å². The smallest absolute Gasteiger partial charge is 0.00928 e. The molecule has 0 saturated carbocycles. The molecule has 0 N–H and O–H groups in total. The molecule has 0 radical (unpaired) electrons. The van der Waals surface area contributed by atoms with E-state index >= 15 is 0 Å². The van der Waals surface area contributed by atoms with Crippen molar-refractivity contribution in [2.75, 3.05) is 0 Å². The van der Waals surface area contributed by atoms with Gasteiger partial charge in [0.25, 0.3) is 0 Å². The molecule has 30 rings (SSSR count). The van der Waals surface area contributed by atoms with E-state index in [0.29, 0.717) is 0 Å². The normalized spacial score (nSPS) is 11.6. The summed E-state index contributed by atoms with van der Waals surface area (Å²) in [6.07, 6.45) is 0. The van der Waals surface area contributed by atoms with Gasteiger partial charge in [0.05, 0.1) is 0 Å². The third kappa shape index (κ3) is 14.9. The molecule has 0 unspecified atom stereocenters. The Morgan fingerprint density at radius 2 is 0.229 bits per heavy atom. The predicted octanol–water partition coefficient (Wildman–Crippen LogP) is 40.8. The van der Waals surface area contributed by atoms with E-state index in [2.05, 4.69) is 558 Å². The maximum atomic E-state index is 2.38. The number of fused-ring (bicyclic) bond motifs is 32. The SMILES string of the molecule is c1cc(-c2ccc3c4ccccc4c4ccccc4c3c2)cc(-c2cc3ccccc3c3ccccc23)c1.c1cc(-c2ccc3c4ccccc4c4ccccc4c3c2)cc(-c2cccc3ccccc23)c1.c1ccc2c(-c3ccc(-c4ccc5c6ccccc6c6ccccc6c5c4)cc3)cccc2c1.c1ccc2c(c1)cc(-c1ccc(-c3ccc4c5ccccc5c5ccccc5c4c3)cc1)c1ccccc12. The summed E-state index contributed by atoms with van der Waals surface area (Å²) in [4.78, 5) is 0. The molecule has 30 aromatic rings. The lowest BCUT2D eigenvalue weighted by molar-refractivity contribution is 1.62. The number of rotatable bonds is 8. The fourth-order valence-electron chi connectivity index (χ4n) is 23.3. The Bertz CT molecular complexity index is 10300. The van der Waals surface area contributed by atoms with Crippen molar-refractivity contribution in [3.8, 4) is 89.0 Å². The zero-order valence-corrected chi connectivity index (χ0v) is 79.1. The van der Waals surface area contributed by atoms with Gasteiger partial charge >= 0.3 is 0 Å². The number of benzene rings is 30. The topological polar surface area (TPSA) is 0 Å². The average molecular weight is 1820 g/mol. The van der Waals surface area contributed by atoms with Gasteiger partial charge in [-0.15, -0.1) is 0 Å². The molecular weight excluding hydrogens is 1730 g/mol. The zero-order chi connectivity index (χ0) is 95.1. The molecule has 0 heteroatoms. The first-order chi connectivity index (χ1) is 71.4. The summed E-state index contributed by atoms with van der Waals surface area (Å²) >= 11 is 0. The van der Waals surface area contributed by atoms with Crippen molar-refractivity contribution in [2.24, 2.45) is 0 Å². The van der Waals surface area contributed by atoms with Crippen LogP contribution >= 0.6 is 0 Å². The van der Waals surface area contributed by atoms with Gasteiger partial charge in [-0.2, -0.15) is 0 Å². The highest BCUT2D eigenvalue weighted by molar-refractivity contribution is 6.30. The molecule has 0 nitrogen and oxygen atoms in total. The third-order valence-electron chi connectivity index (χ3n) is 30.2. The minimum atomic E-state index is 1.23. The van der Waals surface area contributed by atoms with E-state index in [1.165, 1.54) is 283 Å². The molecule has 0 saturated heterocycles. The fourth-order valence-corrected chi connectivity index (χ4v) is 23.3. The summed E-state index contributed by atoms with van der Waals surface area (Å²) in [5.41, 5.74) is 20.0. The van der Waals surface area contributed by atoms with E-state index in [1.807, 2.05) is 0 Å². The van der Waals surface area contributed by atoms with Crippen LogP contribution in [0.15, 0.2) is 558 Å². The van der Waals surface area contributed by atoms with Crippen molar-refractivity contribution >= 4 is 194 Å². The van der Waals surface area contributed by atoms with Crippen LogP contribution in [0.5, 0.6) is 0 Å². The summed E-state index contributed by atoms with van der Waals surface area (Å²) in [6, 6.07) is 204. The van der Waals surface area contributed by atoms with Crippen LogP contribution in [0.25, 0.3) is 283 Å². The number of hydrogen-bond donors (Lipinski definition) is 0. The van der Waals surface area contributed by atoms with Crippen molar-refractivity contribution in [1.82, 2.24) is 0 Å². The molecule has 0 fully saturated rings. The van der Waals surface area contributed by atoms with Crippen LogP contribution in [0.1, 0.15) is 0 Å². The largest absolute Gasteiger partial charge is 0.0616 e. The summed E-state index contributed by atoms with van der Waals surface area (Å²) in [5, 5.41) is 46.9. The Morgan fingerprint density at radius 3 is 0.528 bits per heavy atom. The lowest BCUT2D eigenvalue weighted by Gasteiger charge is -2.14. The lowest BCUT2D eigenvalue weighted by atomic mass is 9.90. The van der Waals surface area contributed by atoms with Crippen LogP contribution < -0.4 is 0 Å². The molecule has 0 amide bonds. The van der Waals surface area contributed by atoms with Gasteiger partial charge in [0, 0.05) is 0 Å². The Labute approximate surface area is 834 Å². The Hall–Kier alpha value is -18.7. The van der Waals surface area contributed by atoms with E-state index in [0.717, 1.165) is 0 Å². The Balaban J connectivity index is 0.0000000957. The van der Waals surface area contributed by atoms with Crippen LogP contribution in [0.3, 0.4) is 0 Å². The van der Waals surface area contributed by atoms with Crippen LogP contribution in [0.2, 0.25) is 0 Å². The van der Waals surface area contributed by atoms with Crippen LogP contribution in [0.4, 0.5) is 0 Å². The molecule has 0 aromatic heterocycles. The van der Waals surface area contributed by atoms with Crippen molar-refractivity contribution in [3.63, 3.8) is 0 Å². The molecular formula is C144H92. The first kappa shape index (κ1) is 84.6. The summed E-state index contributed by atoms with van der Waals surface area (Å²) in [5.74, 6) is 0. The fraction of sp³-hybridized carbons (Fsp3) is 0. The van der Waals surface area contributed by atoms with Gasteiger partial charge in [-0.1, -0.05) is 510 Å². The Morgan fingerprint density at radius 1 is 0.0625 bits per heavy atom. The molecule has 0 aliphatic heterocycles. The summed E-state index contributed by atoms with van der Waals surface area (Å²) < 4.78 is 0. The second kappa shape index (κ2) is 35.9. The van der Waals surface area contributed by atoms with Gasteiger partial charge in [0.15, 0.2) is 0 Å². The van der Waals surface area contributed by atoms with Gasteiger partial charge in [-0.25, -0.2) is 0 Å². The Kier molecular flexibility index (Phi) is 21.1. The molecule has 0 aliphatic carbocycles. The van der Waals surface area contributed by atoms with Crippen molar-refractivity contribution < 1.29 is 0 Å². The van der Waals surface area contributed by atoms with Gasteiger partial charge in [0.2, 0.25) is 0 Å². The molecule has 0 aliphatic rings. The molecule has 668 valence electrons. The van der Waals surface area contributed by atoms with Crippen molar-refractivity contribution in [3.05, 3.63) is 558 Å². The van der Waals surface area contributed by atoms with Gasteiger partial charge in [-0.3, -0.25) is 0 Å². The average Bonchev–Trinajstić information content (AvgIpc) is 0.747. The molecule has 0 heterocycles. The van der Waals surface area contributed by atoms with E-state index in [1.54, 1.807) is 0 Å². The maximum absolute atomic E-state index is 2.38. The first-order valence-electron chi connectivity index (χ1n) is 50.0. The van der Waals surface area contributed by atoms with Crippen LogP contribution in [-0.4, -0.2) is 0 Å². The molecule has 0 atom stereocenters. The summed E-state index contributed by atoms with van der Waals surface area (Å²) in [7, 11) is 0. The minimum absolute atomic E-state index is 1.23. The lowest BCUT2D eigenvalue weighted by Crippen LogP contribution is -1.87. The highest BCUT2D eigenvalue weighted by atomic mass is 14.2. The van der Waals surface area contributed by atoms with Crippen LogP contribution in [-0.2, 0) is 0 Å². The summed E-state index contributed by atoms with van der Waals surface area (Å²) in [6.45, 7) is 0. The maximum Gasteiger partial charge on any atom is -0.00928 e. The van der Waals surface area contributed by atoms with Crippen molar-refractivity contribution in [2.45, 2.75) is 0 Å². The first-order valence-corrected chi connectivity index (χ1v) is 50.0. The molecule has 144 heavy (non-hydrogen) atoms. The van der Waals surface area contributed by atoms with E-state index < -0.39 is 0 Å². The molecule has 0 bridgehead atoms. The second-order valence-electron chi connectivity index (χ2n) is 38.2. The minimum Gasteiger partial charge on any atom is -0.0616 e. The quantitative estimate of drug-likeness (QED) is 0.133. The second-order valence-corrected chi connectivity index (χ2v) is 38.2. The molecule has 30 aromatic carbocycles. The number of hydrogen-bond acceptors (Lipinski definition) is 0. The highest BCUT2D eigenvalue weighted by Gasteiger charge is 2.20. The monoisotopic (exact) mass is 1820 g/mol. The van der Waals surface area contributed by atoms with Gasteiger partial charge in [-0.05, 0) is 331 Å². The zero-order valence-electron chi connectivity index (χ0n) is 79.1. The van der Waals surface area contributed by atoms with E-state index in [9.17, 15) is 0 Å². The third-order valence-corrected chi connectivity index (χ3v) is 30.2. The van der Waals surface area contributed by atoms with E-state index in [4.69, 9.17) is 0 Å². The van der Waals surface area contributed by atoms with Crippen molar-refractivity contribution in [1.29, 1.82) is 0 Å². The van der Waals surface area contributed by atoms with Gasteiger partial charge < -0.3 is 0 Å². The standard InChI is InChI=1S/2C38H24.2C34H22/c1-2-13-29-28(10-1)24-37(34-18-7-3-14-30(29)34)27-12-9-11-25(22-27)26-20-21-36-33-17-5-4-15-31(33)32-16-6-8-19-35(32)38(36)23-26;1-2-10-29-28(9-1)24-37(34-15-7-3-11-30(29)34)26-19-17-25(18-20-26)27-21-22-36-33-14-5-4-12-31(33)32-13-6-8-16-35(32)38(36)23-27;1-2-13-27-23(9-1)10-8-18-28(27)26-12-7-11-24(21-26)25-19-20-33-31-16-4-3-14-29(31)30-15-5-6-17-32(30)34(33)22-25;1-2-10-27-24(8-1)9-7-15-28(27)25-18-16-23(17-19-25)26-20-21-33-31-13-4-3-11-29(31)30-12-5-6-14-32(30)34(33)22-26/h2*1-24H;2*1-22H. The van der Waals surface area contributed by atoms with E-state index in [-0.39, 0.29) is 0 Å². The molecule has 0 spiro atoms.